The Bertz CT molecular complexity index is 1430. The van der Waals surface area contributed by atoms with E-state index in [1.807, 2.05) is 37.4 Å². The summed E-state index contributed by atoms with van der Waals surface area (Å²) in [6, 6.07) is 17.9. The molecule has 2 N–H and O–H groups in total. The molecule has 1 saturated heterocycles. The molecule has 3 aromatic carbocycles. The zero-order valence-corrected chi connectivity index (χ0v) is 18.1. The Balaban J connectivity index is 1.65. The van der Waals surface area contributed by atoms with Crippen LogP contribution in [-0.4, -0.2) is 39.7 Å². The number of nitrogens with two attached hydrogens (primary N) is 1. The van der Waals surface area contributed by atoms with Crippen molar-refractivity contribution >= 4 is 16.8 Å². The number of amides is 1. The van der Waals surface area contributed by atoms with Crippen LogP contribution in [0.5, 0.6) is 0 Å². The lowest BCUT2D eigenvalue weighted by atomic mass is 9.91. The predicted octanol–water partition coefficient (Wildman–Crippen LogP) is 4.09. The van der Waals surface area contributed by atoms with Crippen molar-refractivity contribution in [1.82, 2.24) is 14.7 Å². The normalized spacial score (nSPS) is 15.7. The van der Waals surface area contributed by atoms with Crippen LogP contribution in [0.25, 0.3) is 33.2 Å². The topological polar surface area (TPSA) is 87.9 Å². The highest BCUT2D eigenvalue weighted by molar-refractivity contribution is 5.98. The van der Waals surface area contributed by atoms with Gasteiger partial charge in [0, 0.05) is 37.1 Å². The van der Waals surface area contributed by atoms with Crippen LogP contribution >= 0.6 is 0 Å². The number of likely N-dealkylation sites (tertiary alicyclic amines) is 1. The van der Waals surface area contributed by atoms with Gasteiger partial charge in [0.05, 0.1) is 17.3 Å². The third-order valence-corrected chi connectivity index (χ3v) is 6.24. The van der Waals surface area contributed by atoms with E-state index in [0.29, 0.717) is 24.2 Å². The van der Waals surface area contributed by atoms with Gasteiger partial charge in [-0.1, -0.05) is 18.2 Å². The number of nitriles is 1. The molecular formula is C26H22FN5O. The van der Waals surface area contributed by atoms with Gasteiger partial charge in [-0.15, -0.1) is 0 Å². The van der Waals surface area contributed by atoms with E-state index in [2.05, 4.69) is 5.10 Å². The fraction of sp³-hybridized carbons (Fsp3) is 0.192. The predicted molar refractivity (Wildman–Crippen MR) is 125 cm³/mol. The summed E-state index contributed by atoms with van der Waals surface area (Å²) in [6.45, 7) is 1.15. The third kappa shape index (κ3) is 3.75. The number of benzene rings is 3. The number of fused-ring (bicyclic) bond motifs is 1. The molecule has 0 unspecified atom stereocenters. The molecule has 2 heterocycles. The highest BCUT2D eigenvalue weighted by atomic mass is 19.1. The molecule has 0 spiro atoms. The summed E-state index contributed by atoms with van der Waals surface area (Å²) in [5, 5.41) is 14.4. The Morgan fingerprint density at radius 1 is 1.12 bits per heavy atom. The van der Waals surface area contributed by atoms with Crippen molar-refractivity contribution in [3.05, 3.63) is 77.7 Å². The third-order valence-electron chi connectivity index (χ3n) is 6.24. The van der Waals surface area contributed by atoms with Crippen LogP contribution in [0.4, 0.5) is 4.39 Å². The molecule has 7 heteroatoms. The van der Waals surface area contributed by atoms with Crippen molar-refractivity contribution in [2.24, 2.45) is 12.8 Å². The van der Waals surface area contributed by atoms with Gasteiger partial charge < -0.3 is 10.6 Å². The fourth-order valence-corrected chi connectivity index (χ4v) is 4.43. The van der Waals surface area contributed by atoms with Gasteiger partial charge in [-0.05, 0) is 65.1 Å². The van der Waals surface area contributed by atoms with Gasteiger partial charge in [0.25, 0.3) is 5.91 Å². The second-order valence-corrected chi connectivity index (χ2v) is 8.41. The van der Waals surface area contributed by atoms with Crippen LogP contribution in [0, 0.1) is 17.1 Å². The van der Waals surface area contributed by atoms with Crippen LogP contribution in [0.1, 0.15) is 22.3 Å². The zero-order chi connectivity index (χ0) is 23.1. The number of carbonyl (C=O) groups is 1. The minimum Gasteiger partial charge on any atom is -0.337 e. The molecule has 1 atom stereocenters. The van der Waals surface area contributed by atoms with Crippen molar-refractivity contribution < 1.29 is 9.18 Å². The molecule has 6 nitrogen and oxygen atoms in total. The van der Waals surface area contributed by atoms with Crippen LogP contribution in [0.3, 0.4) is 0 Å². The highest BCUT2D eigenvalue weighted by Gasteiger charge is 2.25. The molecule has 1 aliphatic heterocycles. The fourth-order valence-electron chi connectivity index (χ4n) is 4.43. The Morgan fingerprint density at radius 3 is 2.64 bits per heavy atom. The number of aryl methyl sites for hydroxylation is 1. The number of nitrogens with zero attached hydrogens (tertiary/aromatic N) is 4. The van der Waals surface area contributed by atoms with Gasteiger partial charge in [0.15, 0.2) is 0 Å². The molecule has 1 amide bonds. The summed E-state index contributed by atoms with van der Waals surface area (Å²) < 4.78 is 16.3. The standard InChI is InChI=1S/C26H22FN5O/c1-31-25-7-5-16(10-20(25)14-30-31)22-6-4-18(26(33)32-9-8-21(29)15-32)11-23(22)17-2-3-19(13-28)24(27)12-17/h2-7,10-12,14,21H,8-9,15,29H2,1H3/t21-/m0/s1. The molecule has 0 radical (unpaired) electrons. The number of hydrogen-bond acceptors (Lipinski definition) is 4. The van der Waals surface area contributed by atoms with E-state index in [0.717, 1.165) is 34.0 Å². The summed E-state index contributed by atoms with van der Waals surface area (Å²) in [4.78, 5) is 14.9. The molecule has 1 fully saturated rings. The minimum absolute atomic E-state index is 0.00785. The van der Waals surface area contributed by atoms with E-state index in [9.17, 15) is 9.18 Å². The molecule has 164 valence electrons. The lowest BCUT2D eigenvalue weighted by molar-refractivity contribution is 0.0791. The number of rotatable bonds is 3. The number of hydrogen-bond donors (Lipinski definition) is 1. The number of aromatic nitrogens is 2. The molecule has 0 aliphatic carbocycles. The first-order valence-corrected chi connectivity index (χ1v) is 10.8. The first kappa shape index (κ1) is 20.9. The van der Waals surface area contributed by atoms with Gasteiger partial charge in [0.2, 0.25) is 0 Å². The zero-order valence-electron chi connectivity index (χ0n) is 18.1. The first-order valence-electron chi connectivity index (χ1n) is 10.8. The highest BCUT2D eigenvalue weighted by Crippen LogP contribution is 2.35. The van der Waals surface area contributed by atoms with Crippen molar-refractivity contribution in [1.29, 1.82) is 5.26 Å². The molecule has 1 aromatic heterocycles. The molecule has 0 saturated carbocycles. The Morgan fingerprint density at radius 2 is 1.91 bits per heavy atom. The van der Waals surface area contributed by atoms with E-state index in [-0.39, 0.29) is 17.5 Å². The summed E-state index contributed by atoms with van der Waals surface area (Å²) in [5.74, 6) is -0.682. The van der Waals surface area contributed by atoms with Gasteiger partial charge in [0.1, 0.15) is 11.9 Å². The van der Waals surface area contributed by atoms with Crippen molar-refractivity contribution in [3.63, 3.8) is 0 Å². The van der Waals surface area contributed by atoms with Gasteiger partial charge in [-0.25, -0.2) is 4.39 Å². The molecule has 33 heavy (non-hydrogen) atoms. The van der Waals surface area contributed by atoms with E-state index in [4.69, 9.17) is 11.0 Å². The van der Waals surface area contributed by atoms with E-state index < -0.39 is 5.82 Å². The molecule has 4 aromatic rings. The number of halogens is 1. The molecular weight excluding hydrogens is 417 g/mol. The largest absolute Gasteiger partial charge is 0.337 e. The number of carbonyl (C=O) groups excluding carboxylic acids is 1. The van der Waals surface area contributed by atoms with Crippen LogP contribution in [0.2, 0.25) is 0 Å². The SMILES string of the molecule is Cn1ncc2cc(-c3ccc(C(=O)N4CC[C@H](N)C4)cc3-c3ccc(C#N)c(F)c3)ccc21. The van der Waals surface area contributed by atoms with Crippen molar-refractivity contribution in [2.45, 2.75) is 12.5 Å². The van der Waals surface area contributed by atoms with Gasteiger partial charge in [-0.3, -0.25) is 9.48 Å². The first-order chi connectivity index (χ1) is 15.9. The maximum atomic E-state index is 14.5. The lowest BCUT2D eigenvalue weighted by Gasteiger charge is -2.18. The molecule has 0 bridgehead atoms. The Labute approximate surface area is 190 Å². The second-order valence-electron chi connectivity index (χ2n) is 8.41. The molecule has 1 aliphatic rings. The second kappa shape index (κ2) is 8.15. The van der Waals surface area contributed by atoms with E-state index in [1.165, 1.54) is 12.1 Å². The van der Waals surface area contributed by atoms with Crippen molar-refractivity contribution in [3.8, 4) is 28.3 Å². The monoisotopic (exact) mass is 439 g/mol. The average molecular weight is 439 g/mol. The maximum Gasteiger partial charge on any atom is 0.253 e. The van der Waals surface area contributed by atoms with E-state index in [1.54, 1.807) is 34.0 Å². The summed E-state index contributed by atoms with van der Waals surface area (Å²) in [6.07, 6.45) is 2.58. The Kier molecular flexibility index (Phi) is 5.15. The average Bonchev–Trinajstić information content (AvgIpc) is 3.43. The van der Waals surface area contributed by atoms with Crippen LogP contribution in [-0.2, 0) is 7.05 Å². The van der Waals surface area contributed by atoms with Crippen molar-refractivity contribution in [2.75, 3.05) is 13.1 Å². The molecule has 5 rings (SSSR count). The van der Waals surface area contributed by atoms with Gasteiger partial charge >= 0.3 is 0 Å². The summed E-state index contributed by atoms with van der Waals surface area (Å²) >= 11 is 0. The maximum absolute atomic E-state index is 14.5. The Hall–Kier alpha value is -4.02. The van der Waals surface area contributed by atoms with E-state index >= 15 is 0 Å². The van der Waals surface area contributed by atoms with Crippen LogP contribution in [0.15, 0.2) is 60.8 Å². The smallest absolute Gasteiger partial charge is 0.253 e. The summed E-state index contributed by atoms with van der Waals surface area (Å²) in [5.41, 5.74) is 10.6. The lowest BCUT2D eigenvalue weighted by Crippen LogP contribution is -2.31. The van der Waals surface area contributed by atoms with Gasteiger partial charge in [-0.2, -0.15) is 10.4 Å². The summed E-state index contributed by atoms with van der Waals surface area (Å²) in [7, 11) is 1.89. The van der Waals surface area contributed by atoms with Crippen LogP contribution < -0.4 is 5.73 Å². The quantitative estimate of drug-likeness (QED) is 0.521. The minimum atomic E-state index is -0.592.